The van der Waals surface area contributed by atoms with Crippen LogP contribution in [-0.4, -0.2) is 6.04 Å². The number of nitrogens with one attached hydrogen (secondary N) is 1. The largest absolute Gasteiger partial charge is 0.383 e. The summed E-state index contributed by atoms with van der Waals surface area (Å²) in [7, 11) is 0. The van der Waals surface area contributed by atoms with Gasteiger partial charge >= 0.3 is 0 Å². The standard InChI is InChI=1S/C31H53N/c1-10-11-12-26(7)32-30-18-24(5)28(17-25(30)6)16-14-23(4)13-15-27-19-29(22(2)3)21-31(8,9)20-27/h11-15,22,24-25,27-30,32H,7,10,16-21H2,1-6,8-9H3/b12-11-,15-13+,23-14+. The Morgan fingerprint density at radius 3 is 2.44 bits per heavy atom. The van der Waals surface area contributed by atoms with Crippen LogP contribution in [0.4, 0.5) is 0 Å². The van der Waals surface area contributed by atoms with Gasteiger partial charge in [0.15, 0.2) is 0 Å². The normalized spacial score (nSPS) is 33.8. The number of hydrogen-bond acceptors (Lipinski definition) is 1. The van der Waals surface area contributed by atoms with Gasteiger partial charge in [0.25, 0.3) is 0 Å². The first-order chi connectivity index (χ1) is 15.0. The monoisotopic (exact) mass is 439 g/mol. The van der Waals surface area contributed by atoms with Crippen LogP contribution in [0.3, 0.4) is 0 Å². The summed E-state index contributed by atoms with van der Waals surface area (Å²) in [4.78, 5) is 0. The Bertz CT molecular complexity index is 677. The van der Waals surface area contributed by atoms with Gasteiger partial charge in [-0.25, -0.2) is 0 Å². The fraction of sp³-hybridized carbons (Fsp3) is 0.742. The highest BCUT2D eigenvalue weighted by Gasteiger charge is 2.34. The minimum Gasteiger partial charge on any atom is -0.383 e. The second-order valence-electron chi connectivity index (χ2n) is 12.4. The van der Waals surface area contributed by atoms with E-state index in [-0.39, 0.29) is 0 Å². The highest BCUT2D eigenvalue weighted by atomic mass is 14.9. The third-order valence-corrected chi connectivity index (χ3v) is 8.27. The molecule has 0 bridgehead atoms. The van der Waals surface area contributed by atoms with Crippen LogP contribution < -0.4 is 5.32 Å². The van der Waals surface area contributed by atoms with Crippen molar-refractivity contribution in [3.8, 4) is 0 Å². The Hall–Kier alpha value is -1.24. The van der Waals surface area contributed by atoms with Crippen LogP contribution in [0.1, 0.15) is 100 Å². The van der Waals surface area contributed by atoms with E-state index in [2.05, 4.69) is 97.7 Å². The van der Waals surface area contributed by atoms with Gasteiger partial charge in [-0.3, -0.25) is 0 Å². The smallest absolute Gasteiger partial charge is 0.0289 e. The lowest BCUT2D eigenvalue weighted by Gasteiger charge is -2.41. The molecule has 32 heavy (non-hydrogen) atoms. The van der Waals surface area contributed by atoms with Gasteiger partial charge in [0.1, 0.15) is 0 Å². The molecule has 6 unspecified atom stereocenters. The van der Waals surface area contributed by atoms with Crippen molar-refractivity contribution in [3.63, 3.8) is 0 Å². The zero-order valence-corrected chi connectivity index (χ0v) is 22.6. The molecule has 0 aliphatic heterocycles. The first-order valence-electron chi connectivity index (χ1n) is 13.5. The molecule has 2 aliphatic rings. The van der Waals surface area contributed by atoms with Crippen LogP contribution >= 0.6 is 0 Å². The van der Waals surface area contributed by atoms with Gasteiger partial charge in [0.2, 0.25) is 0 Å². The van der Waals surface area contributed by atoms with Gasteiger partial charge in [0.05, 0.1) is 0 Å². The fourth-order valence-electron chi connectivity index (χ4n) is 6.18. The SMILES string of the molecule is C=C(/C=C\CC)NC1CC(C)C(C/C=C(C)/C=C/C2CC(C(C)C)CC(C)(C)C2)CC1C. The summed E-state index contributed by atoms with van der Waals surface area (Å²) in [6.07, 6.45) is 20.7. The predicted octanol–water partition coefficient (Wildman–Crippen LogP) is 9.10. The molecule has 182 valence electrons. The average molecular weight is 440 g/mol. The van der Waals surface area contributed by atoms with E-state index in [0.717, 1.165) is 41.7 Å². The maximum Gasteiger partial charge on any atom is 0.0289 e. The second-order valence-corrected chi connectivity index (χ2v) is 12.4. The van der Waals surface area contributed by atoms with Crippen molar-refractivity contribution in [1.82, 2.24) is 5.32 Å². The third-order valence-electron chi connectivity index (χ3n) is 8.27. The molecule has 0 saturated heterocycles. The Balaban J connectivity index is 1.88. The molecule has 0 spiro atoms. The molecule has 0 heterocycles. The topological polar surface area (TPSA) is 12.0 Å². The highest BCUT2D eigenvalue weighted by Crippen LogP contribution is 2.45. The molecular formula is C31H53N. The van der Waals surface area contributed by atoms with E-state index >= 15 is 0 Å². The molecule has 2 aliphatic carbocycles. The van der Waals surface area contributed by atoms with E-state index in [1.807, 2.05) is 0 Å². The Labute approximate surface area is 200 Å². The first-order valence-corrected chi connectivity index (χ1v) is 13.5. The van der Waals surface area contributed by atoms with Gasteiger partial charge < -0.3 is 5.32 Å². The summed E-state index contributed by atoms with van der Waals surface area (Å²) >= 11 is 0. The van der Waals surface area contributed by atoms with Crippen molar-refractivity contribution >= 4 is 0 Å². The van der Waals surface area contributed by atoms with E-state index in [9.17, 15) is 0 Å². The molecule has 0 aromatic carbocycles. The average Bonchev–Trinajstić information content (AvgIpc) is 2.70. The van der Waals surface area contributed by atoms with Crippen molar-refractivity contribution in [1.29, 1.82) is 0 Å². The van der Waals surface area contributed by atoms with Crippen molar-refractivity contribution in [2.45, 2.75) is 106 Å². The molecule has 6 atom stereocenters. The Morgan fingerprint density at radius 2 is 1.78 bits per heavy atom. The summed E-state index contributed by atoms with van der Waals surface area (Å²) in [5, 5.41) is 3.69. The molecule has 2 saturated carbocycles. The number of allylic oxidation sites excluding steroid dienone is 6. The zero-order chi connectivity index (χ0) is 23.9. The van der Waals surface area contributed by atoms with Crippen LogP contribution in [0.2, 0.25) is 0 Å². The molecule has 2 rings (SSSR count). The van der Waals surface area contributed by atoms with Crippen molar-refractivity contribution in [3.05, 3.63) is 48.2 Å². The second kappa shape index (κ2) is 12.3. The molecule has 0 aromatic rings. The maximum atomic E-state index is 4.19. The molecular weight excluding hydrogens is 386 g/mol. The minimum absolute atomic E-state index is 0.482. The first kappa shape index (κ1) is 27.0. The highest BCUT2D eigenvalue weighted by molar-refractivity contribution is 5.18. The fourth-order valence-corrected chi connectivity index (χ4v) is 6.18. The molecule has 0 amide bonds. The van der Waals surface area contributed by atoms with Gasteiger partial charge in [-0.15, -0.1) is 0 Å². The molecule has 2 fully saturated rings. The van der Waals surface area contributed by atoms with Crippen molar-refractivity contribution in [2.75, 3.05) is 0 Å². The van der Waals surface area contributed by atoms with Gasteiger partial charge in [-0.1, -0.05) is 84.9 Å². The van der Waals surface area contributed by atoms with Crippen molar-refractivity contribution < 1.29 is 0 Å². The lowest BCUT2D eigenvalue weighted by Crippen LogP contribution is -2.41. The minimum atomic E-state index is 0.482. The summed E-state index contributed by atoms with van der Waals surface area (Å²) in [6, 6.07) is 0.559. The lowest BCUT2D eigenvalue weighted by atomic mass is 9.64. The summed E-state index contributed by atoms with van der Waals surface area (Å²) in [5.74, 6) is 4.66. The van der Waals surface area contributed by atoms with Crippen LogP contribution in [0.15, 0.2) is 48.2 Å². The van der Waals surface area contributed by atoms with Gasteiger partial charge in [0, 0.05) is 11.7 Å². The lowest BCUT2D eigenvalue weighted by molar-refractivity contribution is 0.116. The predicted molar refractivity (Wildman–Crippen MR) is 144 cm³/mol. The van der Waals surface area contributed by atoms with E-state index in [1.54, 1.807) is 0 Å². The van der Waals surface area contributed by atoms with Crippen LogP contribution in [0.5, 0.6) is 0 Å². The van der Waals surface area contributed by atoms with E-state index in [0.29, 0.717) is 17.4 Å². The van der Waals surface area contributed by atoms with Crippen molar-refractivity contribution in [2.24, 2.45) is 40.9 Å². The number of rotatable bonds is 9. The number of hydrogen-bond donors (Lipinski definition) is 1. The Kier molecular flexibility index (Phi) is 10.4. The maximum absolute atomic E-state index is 4.19. The van der Waals surface area contributed by atoms with Crippen LogP contribution in [0.25, 0.3) is 0 Å². The van der Waals surface area contributed by atoms with Crippen LogP contribution in [0, 0.1) is 40.9 Å². The molecule has 1 nitrogen and oxygen atoms in total. The van der Waals surface area contributed by atoms with E-state index < -0.39 is 0 Å². The molecule has 1 heteroatoms. The third kappa shape index (κ3) is 8.60. The molecule has 1 N–H and O–H groups in total. The Morgan fingerprint density at radius 1 is 1.06 bits per heavy atom. The molecule has 0 radical (unpaired) electrons. The van der Waals surface area contributed by atoms with Crippen LogP contribution in [-0.2, 0) is 0 Å². The summed E-state index contributed by atoms with van der Waals surface area (Å²) in [5.41, 5.74) is 3.00. The summed E-state index contributed by atoms with van der Waals surface area (Å²) < 4.78 is 0. The zero-order valence-electron chi connectivity index (χ0n) is 22.6. The summed E-state index contributed by atoms with van der Waals surface area (Å²) in [6.45, 7) is 23.3. The van der Waals surface area contributed by atoms with E-state index in [4.69, 9.17) is 0 Å². The molecule has 0 aromatic heterocycles. The quantitative estimate of drug-likeness (QED) is 0.353. The van der Waals surface area contributed by atoms with E-state index in [1.165, 1.54) is 44.1 Å². The van der Waals surface area contributed by atoms with Gasteiger partial charge in [-0.05, 0) is 98.9 Å². The van der Waals surface area contributed by atoms with Gasteiger partial charge in [-0.2, -0.15) is 0 Å².